The van der Waals surface area contributed by atoms with E-state index in [1.54, 1.807) is 23.1 Å². The Morgan fingerprint density at radius 1 is 0.724 bits per heavy atom. The smallest absolute Gasteiger partial charge is 0.254 e. The predicted molar refractivity (Wildman–Crippen MR) is 108 cm³/mol. The third kappa shape index (κ3) is 3.16. The van der Waals surface area contributed by atoms with Gasteiger partial charge in [0.1, 0.15) is 0 Å². The minimum Gasteiger partial charge on any atom is -0.454 e. The predicted octanol–water partition coefficient (Wildman–Crippen LogP) is 3.17. The summed E-state index contributed by atoms with van der Waals surface area (Å²) in [5.41, 5.74) is 1.28. The first-order chi connectivity index (χ1) is 14.2. The van der Waals surface area contributed by atoms with Crippen LogP contribution in [0.15, 0.2) is 60.7 Å². The third-order valence-electron chi connectivity index (χ3n) is 5.49. The van der Waals surface area contributed by atoms with E-state index >= 15 is 0 Å². The third-order valence-corrected chi connectivity index (χ3v) is 5.49. The normalized spacial score (nSPS) is 15.6. The fourth-order valence-electron chi connectivity index (χ4n) is 3.91. The maximum atomic E-state index is 13.1. The Bertz CT molecular complexity index is 1100. The summed E-state index contributed by atoms with van der Waals surface area (Å²) in [6, 6.07) is 18.9. The molecule has 5 rings (SSSR count). The molecule has 1 saturated heterocycles. The number of carbonyl (C=O) groups excluding carboxylic acids is 2. The molecule has 0 aliphatic carbocycles. The van der Waals surface area contributed by atoms with Gasteiger partial charge in [-0.25, -0.2) is 0 Å². The lowest BCUT2D eigenvalue weighted by Crippen LogP contribution is -2.50. The molecule has 1 fully saturated rings. The Hall–Kier alpha value is -3.54. The van der Waals surface area contributed by atoms with Crippen molar-refractivity contribution >= 4 is 22.6 Å². The SMILES string of the molecule is O=C(c1ccc2c(c1)OCO2)N1CCN(C(=O)c2cccc3ccccc23)CC1. The molecule has 0 radical (unpaired) electrons. The Morgan fingerprint density at radius 3 is 2.24 bits per heavy atom. The molecule has 2 aliphatic heterocycles. The van der Waals surface area contributed by atoms with Crippen LogP contribution in [0.1, 0.15) is 20.7 Å². The monoisotopic (exact) mass is 388 g/mol. The van der Waals surface area contributed by atoms with Gasteiger partial charge in [-0.15, -0.1) is 0 Å². The fourth-order valence-corrected chi connectivity index (χ4v) is 3.91. The van der Waals surface area contributed by atoms with Gasteiger partial charge in [-0.1, -0.05) is 36.4 Å². The topological polar surface area (TPSA) is 59.1 Å². The number of nitrogens with zero attached hydrogens (tertiary/aromatic N) is 2. The van der Waals surface area contributed by atoms with E-state index in [9.17, 15) is 9.59 Å². The average molecular weight is 388 g/mol. The summed E-state index contributed by atoms with van der Waals surface area (Å²) >= 11 is 0. The van der Waals surface area contributed by atoms with Gasteiger partial charge in [-0.2, -0.15) is 0 Å². The van der Waals surface area contributed by atoms with Crippen molar-refractivity contribution in [3.8, 4) is 11.5 Å². The number of carbonyl (C=O) groups is 2. The maximum absolute atomic E-state index is 13.1. The maximum Gasteiger partial charge on any atom is 0.254 e. The second-order valence-electron chi connectivity index (χ2n) is 7.18. The van der Waals surface area contributed by atoms with Gasteiger partial charge in [-0.3, -0.25) is 9.59 Å². The van der Waals surface area contributed by atoms with Gasteiger partial charge >= 0.3 is 0 Å². The molecule has 0 atom stereocenters. The van der Waals surface area contributed by atoms with E-state index in [2.05, 4.69) is 0 Å². The Balaban J connectivity index is 1.29. The van der Waals surface area contributed by atoms with Gasteiger partial charge in [0.2, 0.25) is 6.79 Å². The molecule has 146 valence electrons. The van der Waals surface area contributed by atoms with Crippen LogP contribution in [0.2, 0.25) is 0 Å². The van der Waals surface area contributed by atoms with E-state index < -0.39 is 0 Å². The highest BCUT2D eigenvalue weighted by atomic mass is 16.7. The molecular weight excluding hydrogens is 368 g/mol. The molecule has 6 heteroatoms. The molecule has 0 bridgehead atoms. The molecule has 6 nitrogen and oxygen atoms in total. The zero-order valence-electron chi connectivity index (χ0n) is 15.8. The van der Waals surface area contributed by atoms with Crippen LogP contribution in [0, 0.1) is 0 Å². The molecule has 29 heavy (non-hydrogen) atoms. The number of hydrogen-bond donors (Lipinski definition) is 0. The van der Waals surface area contributed by atoms with Gasteiger partial charge in [-0.05, 0) is 35.0 Å². The summed E-state index contributed by atoms with van der Waals surface area (Å²) in [7, 11) is 0. The molecule has 2 heterocycles. The quantitative estimate of drug-likeness (QED) is 0.677. The summed E-state index contributed by atoms with van der Waals surface area (Å²) in [4.78, 5) is 29.5. The highest BCUT2D eigenvalue weighted by Gasteiger charge is 2.27. The number of benzene rings is 3. The molecule has 0 unspecified atom stereocenters. The number of amides is 2. The summed E-state index contributed by atoms with van der Waals surface area (Å²) < 4.78 is 10.7. The lowest BCUT2D eigenvalue weighted by atomic mass is 10.0. The first-order valence-corrected chi connectivity index (χ1v) is 9.67. The molecule has 3 aromatic rings. The fraction of sp³-hybridized carbons (Fsp3) is 0.217. The van der Waals surface area contributed by atoms with Crippen molar-refractivity contribution in [1.29, 1.82) is 0 Å². The summed E-state index contributed by atoms with van der Waals surface area (Å²) in [6.45, 7) is 2.21. The first-order valence-electron chi connectivity index (χ1n) is 9.67. The molecule has 0 N–H and O–H groups in total. The van der Waals surface area contributed by atoms with Crippen LogP contribution in [-0.2, 0) is 0 Å². The molecule has 0 spiro atoms. The van der Waals surface area contributed by atoms with E-state index in [4.69, 9.17) is 9.47 Å². The van der Waals surface area contributed by atoms with Crippen LogP contribution in [0.25, 0.3) is 10.8 Å². The van der Waals surface area contributed by atoms with Crippen LogP contribution in [0.5, 0.6) is 11.5 Å². The summed E-state index contributed by atoms with van der Waals surface area (Å²) in [5, 5.41) is 2.01. The molecular formula is C23H20N2O4. The average Bonchev–Trinajstić information content (AvgIpc) is 3.26. The lowest BCUT2D eigenvalue weighted by Gasteiger charge is -2.35. The molecule has 0 saturated carbocycles. The highest BCUT2D eigenvalue weighted by molar-refractivity contribution is 6.07. The van der Waals surface area contributed by atoms with E-state index in [1.807, 2.05) is 47.4 Å². The lowest BCUT2D eigenvalue weighted by molar-refractivity contribution is 0.0536. The van der Waals surface area contributed by atoms with Crippen LogP contribution >= 0.6 is 0 Å². The molecule has 3 aromatic carbocycles. The molecule has 0 aromatic heterocycles. The van der Waals surface area contributed by atoms with Crippen molar-refractivity contribution in [3.63, 3.8) is 0 Å². The minimum atomic E-state index is -0.0550. The minimum absolute atomic E-state index is 0.0111. The molecule has 2 amide bonds. The van der Waals surface area contributed by atoms with E-state index in [-0.39, 0.29) is 18.6 Å². The zero-order valence-corrected chi connectivity index (χ0v) is 15.8. The van der Waals surface area contributed by atoms with Crippen molar-refractivity contribution in [2.45, 2.75) is 0 Å². The van der Waals surface area contributed by atoms with Gasteiger partial charge < -0.3 is 19.3 Å². The molecule has 2 aliphatic rings. The van der Waals surface area contributed by atoms with Crippen LogP contribution < -0.4 is 9.47 Å². The van der Waals surface area contributed by atoms with Crippen molar-refractivity contribution in [1.82, 2.24) is 9.80 Å². The number of piperazine rings is 1. The Morgan fingerprint density at radius 2 is 1.41 bits per heavy atom. The zero-order chi connectivity index (χ0) is 19.8. The van der Waals surface area contributed by atoms with E-state index in [0.29, 0.717) is 48.8 Å². The summed E-state index contributed by atoms with van der Waals surface area (Å²) in [5.74, 6) is 1.21. The second-order valence-corrected chi connectivity index (χ2v) is 7.18. The largest absolute Gasteiger partial charge is 0.454 e. The second kappa shape index (κ2) is 7.13. The van der Waals surface area contributed by atoms with Crippen LogP contribution in [0.3, 0.4) is 0 Å². The number of fused-ring (bicyclic) bond motifs is 2. The Kier molecular flexibility index (Phi) is 4.31. The summed E-state index contributed by atoms with van der Waals surface area (Å²) in [6.07, 6.45) is 0. The standard InChI is InChI=1S/C23H20N2O4/c26-22(17-8-9-20-21(14-17)29-15-28-20)24-10-12-25(13-11-24)23(27)19-7-3-5-16-4-1-2-6-18(16)19/h1-9,14H,10-13,15H2. The van der Waals surface area contributed by atoms with Crippen molar-refractivity contribution < 1.29 is 19.1 Å². The number of rotatable bonds is 2. The van der Waals surface area contributed by atoms with Gasteiger partial charge in [0, 0.05) is 37.3 Å². The van der Waals surface area contributed by atoms with Crippen molar-refractivity contribution in [2.24, 2.45) is 0 Å². The number of ether oxygens (including phenoxy) is 2. The van der Waals surface area contributed by atoms with Crippen molar-refractivity contribution in [2.75, 3.05) is 33.0 Å². The van der Waals surface area contributed by atoms with Gasteiger partial charge in [0.05, 0.1) is 0 Å². The van der Waals surface area contributed by atoms with E-state index in [0.717, 1.165) is 10.8 Å². The number of hydrogen-bond acceptors (Lipinski definition) is 4. The van der Waals surface area contributed by atoms with Crippen LogP contribution in [-0.4, -0.2) is 54.6 Å². The van der Waals surface area contributed by atoms with Crippen LogP contribution in [0.4, 0.5) is 0 Å². The van der Waals surface area contributed by atoms with E-state index in [1.165, 1.54) is 0 Å². The Labute approximate surface area is 168 Å². The first kappa shape index (κ1) is 17.6. The highest BCUT2D eigenvalue weighted by Crippen LogP contribution is 2.33. The van der Waals surface area contributed by atoms with Crippen molar-refractivity contribution in [3.05, 3.63) is 71.8 Å². The van der Waals surface area contributed by atoms with Gasteiger partial charge in [0.15, 0.2) is 11.5 Å². The van der Waals surface area contributed by atoms with Gasteiger partial charge in [0.25, 0.3) is 11.8 Å².